The number of aryl methyl sites for hydroxylation is 1. The maximum atomic E-state index is 5.24. The lowest BCUT2D eigenvalue weighted by molar-refractivity contribution is 0.345. The van der Waals surface area contributed by atoms with E-state index in [1.54, 1.807) is 0 Å². The SMILES string of the molecule is BC(B)(c1cc(C)no1)C(C)C. The molecular weight excluding hydrogens is 148 g/mol. The number of hydrogen-bond donors (Lipinski definition) is 0. The van der Waals surface area contributed by atoms with Gasteiger partial charge in [-0.1, -0.05) is 19.0 Å². The van der Waals surface area contributed by atoms with Gasteiger partial charge in [-0.25, -0.2) is 0 Å². The summed E-state index contributed by atoms with van der Waals surface area (Å²) in [6, 6.07) is 2.01. The van der Waals surface area contributed by atoms with Crippen LogP contribution in [0.15, 0.2) is 10.6 Å². The average Bonchev–Trinajstić information content (AvgIpc) is 2.35. The predicted octanol–water partition coefficient (Wildman–Crippen LogP) is 0.0580. The van der Waals surface area contributed by atoms with E-state index in [2.05, 4.69) is 34.7 Å². The van der Waals surface area contributed by atoms with Crippen LogP contribution in [0.25, 0.3) is 0 Å². The highest BCUT2D eigenvalue weighted by Crippen LogP contribution is 2.25. The third-order valence-electron chi connectivity index (χ3n) is 2.71. The van der Waals surface area contributed by atoms with E-state index in [4.69, 9.17) is 4.52 Å². The van der Waals surface area contributed by atoms with Crippen molar-refractivity contribution in [3.63, 3.8) is 0 Å². The van der Waals surface area contributed by atoms with E-state index in [1.807, 2.05) is 13.0 Å². The van der Waals surface area contributed by atoms with Crippen molar-refractivity contribution in [3.05, 3.63) is 17.5 Å². The van der Waals surface area contributed by atoms with Crippen molar-refractivity contribution in [1.29, 1.82) is 0 Å². The van der Waals surface area contributed by atoms with Crippen LogP contribution in [0.4, 0.5) is 0 Å². The van der Waals surface area contributed by atoms with Gasteiger partial charge < -0.3 is 4.52 Å². The van der Waals surface area contributed by atoms with Crippen LogP contribution in [0.2, 0.25) is 0 Å². The molecule has 0 bridgehead atoms. The number of aromatic nitrogens is 1. The van der Waals surface area contributed by atoms with Gasteiger partial charge in [-0.05, 0) is 18.1 Å². The molecule has 1 aromatic heterocycles. The molecule has 0 aliphatic heterocycles. The van der Waals surface area contributed by atoms with Crippen molar-refractivity contribution < 1.29 is 4.52 Å². The van der Waals surface area contributed by atoms with Crippen LogP contribution >= 0.6 is 0 Å². The summed E-state index contributed by atoms with van der Waals surface area (Å²) in [5.74, 6) is 1.54. The molecule has 0 aromatic carbocycles. The Morgan fingerprint density at radius 3 is 2.42 bits per heavy atom. The van der Waals surface area contributed by atoms with Gasteiger partial charge in [0.2, 0.25) is 0 Å². The second kappa shape index (κ2) is 3.00. The summed E-state index contributed by atoms with van der Waals surface area (Å²) >= 11 is 0. The van der Waals surface area contributed by atoms with E-state index in [9.17, 15) is 0 Å². The largest absolute Gasteiger partial charge is 0.362 e. The number of nitrogens with zero attached hydrogens (tertiary/aromatic N) is 1. The smallest absolute Gasteiger partial charge is 0.127 e. The van der Waals surface area contributed by atoms with Crippen molar-refractivity contribution >= 4 is 15.7 Å². The molecule has 2 nitrogen and oxygen atoms in total. The maximum absolute atomic E-state index is 5.24. The molecule has 0 amide bonds. The predicted molar refractivity (Wildman–Crippen MR) is 54.8 cm³/mol. The van der Waals surface area contributed by atoms with E-state index in [0.717, 1.165) is 11.5 Å². The number of hydrogen-bond acceptors (Lipinski definition) is 2. The van der Waals surface area contributed by atoms with Crippen molar-refractivity contribution in [2.75, 3.05) is 0 Å². The Balaban J connectivity index is 2.97. The second-order valence-corrected chi connectivity index (χ2v) is 4.21. The van der Waals surface area contributed by atoms with Crippen LogP contribution in [0.3, 0.4) is 0 Å². The topological polar surface area (TPSA) is 26.0 Å². The van der Waals surface area contributed by atoms with Crippen molar-refractivity contribution in [1.82, 2.24) is 5.16 Å². The van der Waals surface area contributed by atoms with Gasteiger partial charge in [0.1, 0.15) is 21.5 Å². The quantitative estimate of drug-likeness (QED) is 0.576. The van der Waals surface area contributed by atoms with Gasteiger partial charge in [0.25, 0.3) is 0 Å². The van der Waals surface area contributed by atoms with Gasteiger partial charge in [-0.15, -0.1) is 0 Å². The third kappa shape index (κ3) is 1.57. The Bertz CT molecular complexity index is 268. The lowest BCUT2D eigenvalue weighted by atomic mass is 9.48. The monoisotopic (exact) mass is 163 g/mol. The highest BCUT2D eigenvalue weighted by atomic mass is 16.5. The van der Waals surface area contributed by atoms with Crippen LogP contribution < -0.4 is 0 Å². The van der Waals surface area contributed by atoms with Crippen molar-refractivity contribution in [2.45, 2.75) is 26.0 Å². The van der Waals surface area contributed by atoms with Gasteiger partial charge >= 0.3 is 0 Å². The third-order valence-corrected chi connectivity index (χ3v) is 2.71. The standard InChI is InChI=1S/C8H15B2NO/c1-5(2)8(9,10)7-4-6(3)11-12-7/h4-5H,9-10H2,1-3H3. The van der Waals surface area contributed by atoms with E-state index in [-0.39, 0.29) is 5.21 Å². The summed E-state index contributed by atoms with van der Waals surface area (Å²) in [6.45, 7) is 6.33. The van der Waals surface area contributed by atoms with Gasteiger partial charge in [0, 0.05) is 6.07 Å². The van der Waals surface area contributed by atoms with Crippen molar-refractivity contribution in [2.24, 2.45) is 5.92 Å². The molecule has 1 aromatic rings. The van der Waals surface area contributed by atoms with E-state index < -0.39 is 0 Å². The summed E-state index contributed by atoms with van der Waals surface area (Å²) in [6.07, 6.45) is 0. The molecule has 64 valence electrons. The lowest BCUT2D eigenvalue weighted by Crippen LogP contribution is -2.32. The molecule has 0 spiro atoms. The molecule has 4 heteroatoms. The van der Waals surface area contributed by atoms with Crippen LogP contribution in [0.1, 0.15) is 25.3 Å². The first-order chi connectivity index (χ1) is 5.44. The normalized spacial score (nSPS) is 12.3. The van der Waals surface area contributed by atoms with Crippen LogP contribution in [0.5, 0.6) is 0 Å². The van der Waals surface area contributed by atoms with Gasteiger partial charge in [0.05, 0.1) is 5.69 Å². The molecule has 12 heavy (non-hydrogen) atoms. The summed E-state index contributed by atoms with van der Waals surface area (Å²) in [5.41, 5.74) is 0.957. The first kappa shape index (κ1) is 9.43. The first-order valence-corrected chi connectivity index (χ1v) is 4.38. The van der Waals surface area contributed by atoms with Gasteiger partial charge in [0.15, 0.2) is 0 Å². The zero-order valence-electron chi connectivity index (χ0n) is 8.51. The molecule has 0 fully saturated rings. The van der Waals surface area contributed by atoms with Crippen LogP contribution in [-0.2, 0) is 5.21 Å². The zero-order valence-corrected chi connectivity index (χ0v) is 8.51. The van der Waals surface area contributed by atoms with Gasteiger partial charge in [-0.3, -0.25) is 0 Å². The zero-order chi connectivity index (χ0) is 9.35. The van der Waals surface area contributed by atoms with E-state index >= 15 is 0 Å². The highest BCUT2D eigenvalue weighted by Gasteiger charge is 2.28. The summed E-state index contributed by atoms with van der Waals surface area (Å²) in [4.78, 5) is 0. The molecular formula is C8H15B2NO. The first-order valence-electron chi connectivity index (χ1n) is 4.38. The average molecular weight is 163 g/mol. The summed E-state index contributed by atoms with van der Waals surface area (Å²) < 4.78 is 5.24. The Kier molecular flexibility index (Phi) is 2.36. The van der Waals surface area contributed by atoms with E-state index in [0.29, 0.717) is 5.92 Å². The Morgan fingerprint density at radius 1 is 1.50 bits per heavy atom. The summed E-state index contributed by atoms with van der Waals surface area (Å²) in [5, 5.41) is 3.97. The fourth-order valence-corrected chi connectivity index (χ4v) is 0.952. The van der Waals surface area contributed by atoms with E-state index in [1.165, 1.54) is 0 Å². The molecule has 0 N–H and O–H groups in total. The Labute approximate surface area is 75.5 Å². The van der Waals surface area contributed by atoms with Crippen molar-refractivity contribution in [3.8, 4) is 0 Å². The molecule has 0 atom stereocenters. The van der Waals surface area contributed by atoms with Crippen LogP contribution in [-0.4, -0.2) is 20.8 Å². The fourth-order valence-electron chi connectivity index (χ4n) is 0.952. The Morgan fingerprint density at radius 2 is 2.08 bits per heavy atom. The highest BCUT2D eigenvalue weighted by molar-refractivity contribution is 6.40. The maximum Gasteiger partial charge on any atom is 0.127 e. The molecule has 0 aliphatic rings. The fraction of sp³-hybridized carbons (Fsp3) is 0.625. The molecule has 0 radical (unpaired) electrons. The minimum Gasteiger partial charge on any atom is -0.362 e. The number of rotatable bonds is 2. The molecule has 0 saturated carbocycles. The van der Waals surface area contributed by atoms with Crippen LogP contribution in [0, 0.1) is 12.8 Å². The lowest BCUT2D eigenvalue weighted by Gasteiger charge is -2.25. The molecule has 0 aliphatic carbocycles. The minimum absolute atomic E-state index is 0.0846. The Hall–Kier alpha value is -0.660. The molecule has 0 unspecified atom stereocenters. The minimum atomic E-state index is 0.0846. The molecule has 1 rings (SSSR count). The molecule has 0 saturated heterocycles. The molecule has 1 heterocycles. The van der Waals surface area contributed by atoms with Gasteiger partial charge in [-0.2, -0.15) is 0 Å². The summed E-state index contributed by atoms with van der Waals surface area (Å²) in [7, 11) is 4.36. The second-order valence-electron chi connectivity index (χ2n) is 4.21.